The van der Waals surface area contributed by atoms with Crippen molar-refractivity contribution in [1.82, 2.24) is 14.8 Å². The highest BCUT2D eigenvalue weighted by Gasteiger charge is 2.36. The highest BCUT2D eigenvalue weighted by molar-refractivity contribution is 6.21. The van der Waals surface area contributed by atoms with E-state index in [0.717, 1.165) is 10.5 Å². The third-order valence-electron chi connectivity index (χ3n) is 4.60. The van der Waals surface area contributed by atoms with Crippen LogP contribution in [0.1, 0.15) is 39.2 Å². The van der Waals surface area contributed by atoms with Crippen molar-refractivity contribution in [2.75, 3.05) is 20.1 Å². The molecule has 3 rings (SSSR count). The molecule has 6 nitrogen and oxygen atoms in total. The van der Waals surface area contributed by atoms with Crippen LogP contribution >= 0.6 is 0 Å². The molecule has 1 aliphatic rings. The summed E-state index contributed by atoms with van der Waals surface area (Å²) in [7, 11) is 1.89. The monoisotopic (exact) mass is 339 g/mol. The van der Waals surface area contributed by atoms with Crippen LogP contribution in [0.15, 0.2) is 48.8 Å². The van der Waals surface area contributed by atoms with Gasteiger partial charge in [-0.1, -0.05) is 18.2 Å². The predicted molar refractivity (Wildman–Crippen MR) is 93.1 cm³/mol. The number of aliphatic hydroxyl groups excluding tert-OH is 1. The number of likely N-dealkylation sites (N-methyl/N-ethyl adjacent to an activating group) is 1. The Morgan fingerprint density at radius 1 is 1.12 bits per heavy atom. The minimum atomic E-state index is -0.827. The first kappa shape index (κ1) is 17.3. The van der Waals surface area contributed by atoms with E-state index in [1.165, 1.54) is 0 Å². The molecule has 0 aliphatic carbocycles. The second kappa shape index (κ2) is 7.13. The SMILES string of the molecule is C[C@@H](c1cccnc1)N(C)C[C@H](O)CN1C(=O)c2ccccc2C1=O. The summed E-state index contributed by atoms with van der Waals surface area (Å²) < 4.78 is 0. The number of fused-ring (bicyclic) bond motifs is 1. The molecular weight excluding hydrogens is 318 g/mol. The molecule has 1 aromatic heterocycles. The minimum Gasteiger partial charge on any atom is -0.390 e. The van der Waals surface area contributed by atoms with Gasteiger partial charge in [-0.25, -0.2) is 0 Å². The molecule has 0 fully saturated rings. The number of amides is 2. The van der Waals surface area contributed by atoms with Gasteiger partial charge in [0.15, 0.2) is 0 Å². The van der Waals surface area contributed by atoms with Crippen molar-refractivity contribution in [2.24, 2.45) is 0 Å². The zero-order chi connectivity index (χ0) is 18.0. The summed E-state index contributed by atoms with van der Waals surface area (Å²) in [6.45, 7) is 2.34. The maximum absolute atomic E-state index is 12.4. The molecule has 2 atom stereocenters. The standard InChI is InChI=1S/C19H21N3O3/c1-13(14-6-5-9-20-10-14)21(2)11-15(23)12-22-18(24)16-7-3-4-8-17(16)19(22)25/h3-10,13,15,23H,11-12H2,1-2H3/t13-,15-/m0/s1. The van der Waals surface area contributed by atoms with Gasteiger partial charge in [-0.3, -0.25) is 24.4 Å². The summed E-state index contributed by atoms with van der Waals surface area (Å²) in [6.07, 6.45) is 2.68. The van der Waals surface area contributed by atoms with Crippen molar-refractivity contribution in [3.8, 4) is 0 Å². The Morgan fingerprint density at radius 2 is 1.76 bits per heavy atom. The molecule has 6 heteroatoms. The number of aliphatic hydroxyl groups is 1. The second-order valence-electron chi connectivity index (χ2n) is 6.32. The summed E-state index contributed by atoms with van der Waals surface area (Å²) >= 11 is 0. The average molecular weight is 339 g/mol. The number of β-amino-alcohol motifs (C(OH)–C–C–N with tert-alkyl or cyclic N) is 1. The molecule has 0 spiro atoms. The van der Waals surface area contributed by atoms with Gasteiger partial charge in [-0.05, 0) is 37.7 Å². The van der Waals surface area contributed by atoms with E-state index in [1.54, 1.807) is 36.7 Å². The Kier molecular flexibility index (Phi) is 4.92. The predicted octanol–water partition coefficient (Wildman–Crippen LogP) is 1.73. The molecule has 130 valence electrons. The quantitative estimate of drug-likeness (QED) is 0.812. The molecule has 2 aromatic rings. The van der Waals surface area contributed by atoms with Crippen molar-refractivity contribution in [3.63, 3.8) is 0 Å². The Balaban J connectivity index is 1.62. The lowest BCUT2D eigenvalue weighted by Gasteiger charge is -2.28. The van der Waals surface area contributed by atoms with E-state index in [-0.39, 0.29) is 24.4 Å². The number of benzene rings is 1. The number of pyridine rings is 1. The zero-order valence-corrected chi connectivity index (χ0v) is 14.3. The van der Waals surface area contributed by atoms with Crippen molar-refractivity contribution >= 4 is 11.8 Å². The van der Waals surface area contributed by atoms with Crippen LogP contribution in [0, 0.1) is 0 Å². The Hall–Kier alpha value is -2.57. The lowest BCUT2D eigenvalue weighted by atomic mass is 10.1. The molecule has 1 aromatic carbocycles. The number of carbonyl (C=O) groups is 2. The van der Waals surface area contributed by atoms with Gasteiger partial charge in [0.1, 0.15) is 0 Å². The number of carbonyl (C=O) groups excluding carboxylic acids is 2. The van der Waals surface area contributed by atoms with Gasteiger partial charge in [-0.2, -0.15) is 0 Å². The number of imide groups is 1. The van der Waals surface area contributed by atoms with Gasteiger partial charge in [0.25, 0.3) is 11.8 Å². The minimum absolute atomic E-state index is 0.0174. The zero-order valence-electron chi connectivity index (χ0n) is 14.3. The van der Waals surface area contributed by atoms with Crippen LogP contribution in [-0.2, 0) is 0 Å². The second-order valence-corrected chi connectivity index (χ2v) is 6.32. The molecule has 0 saturated heterocycles. The normalized spacial score (nSPS) is 16.2. The van der Waals surface area contributed by atoms with Crippen LogP contribution in [-0.4, -0.2) is 57.9 Å². The number of rotatable bonds is 6. The van der Waals surface area contributed by atoms with Crippen LogP contribution in [0.2, 0.25) is 0 Å². The summed E-state index contributed by atoms with van der Waals surface area (Å²) in [4.78, 5) is 31.9. The molecule has 0 saturated carbocycles. The molecular formula is C19H21N3O3. The van der Waals surface area contributed by atoms with Crippen LogP contribution < -0.4 is 0 Å². The van der Waals surface area contributed by atoms with Gasteiger partial charge in [-0.15, -0.1) is 0 Å². The molecule has 2 heterocycles. The topological polar surface area (TPSA) is 73.7 Å². The first-order chi connectivity index (χ1) is 12.0. The first-order valence-corrected chi connectivity index (χ1v) is 8.22. The van der Waals surface area contributed by atoms with Crippen molar-refractivity contribution in [3.05, 3.63) is 65.5 Å². The van der Waals surface area contributed by atoms with E-state index < -0.39 is 6.10 Å². The van der Waals surface area contributed by atoms with Gasteiger partial charge in [0, 0.05) is 25.0 Å². The summed E-state index contributed by atoms with van der Waals surface area (Å²) in [5, 5.41) is 10.4. The molecule has 0 unspecified atom stereocenters. The van der Waals surface area contributed by atoms with Crippen LogP contribution in [0.25, 0.3) is 0 Å². The van der Waals surface area contributed by atoms with Gasteiger partial charge < -0.3 is 5.11 Å². The highest BCUT2D eigenvalue weighted by atomic mass is 16.3. The number of nitrogens with zero attached hydrogens (tertiary/aromatic N) is 3. The summed E-state index contributed by atoms with van der Waals surface area (Å²) in [5.74, 6) is -0.690. The largest absolute Gasteiger partial charge is 0.390 e. The Labute approximate surface area is 146 Å². The van der Waals surface area contributed by atoms with E-state index in [1.807, 2.05) is 31.0 Å². The van der Waals surface area contributed by atoms with Crippen LogP contribution in [0.5, 0.6) is 0 Å². The average Bonchev–Trinajstić information content (AvgIpc) is 2.87. The molecule has 2 amide bonds. The number of hydrogen-bond acceptors (Lipinski definition) is 5. The molecule has 0 radical (unpaired) electrons. The highest BCUT2D eigenvalue weighted by Crippen LogP contribution is 2.23. The fourth-order valence-electron chi connectivity index (χ4n) is 3.04. The van der Waals surface area contributed by atoms with E-state index in [0.29, 0.717) is 17.7 Å². The van der Waals surface area contributed by atoms with E-state index in [9.17, 15) is 14.7 Å². The van der Waals surface area contributed by atoms with Crippen LogP contribution in [0.4, 0.5) is 0 Å². The van der Waals surface area contributed by atoms with Crippen molar-refractivity contribution < 1.29 is 14.7 Å². The first-order valence-electron chi connectivity index (χ1n) is 8.22. The lowest BCUT2D eigenvalue weighted by molar-refractivity contribution is 0.0466. The van der Waals surface area contributed by atoms with E-state index in [2.05, 4.69) is 4.98 Å². The van der Waals surface area contributed by atoms with Crippen molar-refractivity contribution in [1.29, 1.82) is 0 Å². The third-order valence-corrected chi connectivity index (χ3v) is 4.60. The Morgan fingerprint density at radius 3 is 2.32 bits per heavy atom. The maximum Gasteiger partial charge on any atom is 0.261 e. The van der Waals surface area contributed by atoms with E-state index in [4.69, 9.17) is 0 Å². The molecule has 1 aliphatic heterocycles. The van der Waals surface area contributed by atoms with Gasteiger partial charge in [0.05, 0.1) is 23.8 Å². The van der Waals surface area contributed by atoms with Gasteiger partial charge in [0.2, 0.25) is 0 Å². The smallest absolute Gasteiger partial charge is 0.261 e. The molecule has 0 bridgehead atoms. The number of hydrogen-bond donors (Lipinski definition) is 1. The Bertz CT molecular complexity index is 743. The fraction of sp³-hybridized carbons (Fsp3) is 0.316. The van der Waals surface area contributed by atoms with E-state index >= 15 is 0 Å². The summed E-state index contributed by atoms with van der Waals surface area (Å²) in [5.41, 5.74) is 1.84. The van der Waals surface area contributed by atoms with Crippen molar-refractivity contribution in [2.45, 2.75) is 19.1 Å². The fourth-order valence-corrected chi connectivity index (χ4v) is 3.04. The van der Waals surface area contributed by atoms with Gasteiger partial charge >= 0.3 is 0 Å². The molecule has 1 N–H and O–H groups in total. The maximum atomic E-state index is 12.4. The van der Waals surface area contributed by atoms with Crippen LogP contribution in [0.3, 0.4) is 0 Å². The lowest BCUT2D eigenvalue weighted by Crippen LogP contribution is -2.42. The third kappa shape index (κ3) is 3.45. The summed E-state index contributed by atoms with van der Waals surface area (Å²) in [6, 6.07) is 10.6. The molecule has 25 heavy (non-hydrogen) atoms. The number of aromatic nitrogens is 1.